The van der Waals surface area contributed by atoms with Gasteiger partial charge in [-0.15, -0.1) is 0 Å². The van der Waals surface area contributed by atoms with Crippen LogP contribution in [0.25, 0.3) is 0 Å². The molecule has 1 atom stereocenters. The van der Waals surface area contributed by atoms with Crippen molar-refractivity contribution in [1.29, 1.82) is 0 Å². The second-order valence-electron chi connectivity index (χ2n) is 6.78. The van der Waals surface area contributed by atoms with Crippen molar-refractivity contribution in [2.45, 2.75) is 52.1 Å². The lowest BCUT2D eigenvalue weighted by Gasteiger charge is -2.34. The summed E-state index contributed by atoms with van der Waals surface area (Å²) < 4.78 is 5.63. The van der Waals surface area contributed by atoms with E-state index in [0.717, 1.165) is 12.3 Å². The van der Waals surface area contributed by atoms with Gasteiger partial charge in [-0.3, -0.25) is 0 Å². The van der Waals surface area contributed by atoms with E-state index in [1.807, 2.05) is 31.2 Å². The molecule has 1 fully saturated rings. The van der Waals surface area contributed by atoms with E-state index < -0.39 is 6.10 Å². The van der Waals surface area contributed by atoms with Gasteiger partial charge in [-0.05, 0) is 42.9 Å². The van der Waals surface area contributed by atoms with Crippen molar-refractivity contribution < 1.29 is 9.84 Å². The second kappa shape index (κ2) is 7.81. The molecule has 1 unspecified atom stereocenters. The Morgan fingerprint density at radius 3 is 2.76 bits per heavy atom. The fourth-order valence-corrected chi connectivity index (χ4v) is 3.08. The van der Waals surface area contributed by atoms with Gasteiger partial charge in [-0.2, -0.15) is 0 Å². The molecule has 1 aromatic carbocycles. The Morgan fingerprint density at radius 1 is 1.29 bits per heavy atom. The number of aliphatic hydroxyl groups excluding tert-OH is 1. The minimum absolute atomic E-state index is 0.340. The zero-order valence-corrected chi connectivity index (χ0v) is 13.4. The number of rotatable bonds is 7. The van der Waals surface area contributed by atoms with E-state index in [9.17, 15) is 5.11 Å². The summed E-state index contributed by atoms with van der Waals surface area (Å²) in [7, 11) is 0. The minimum Gasteiger partial charge on any atom is -0.491 e. The smallest absolute Gasteiger partial charge is 0.119 e. The van der Waals surface area contributed by atoms with E-state index >= 15 is 0 Å². The van der Waals surface area contributed by atoms with Crippen LogP contribution in [-0.2, 0) is 0 Å². The molecule has 1 aliphatic carbocycles. The molecule has 1 aromatic rings. The second-order valence-corrected chi connectivity index (χ2v) is 6.78. The predicted molar refractivity (Wildman–Crippen MR) is 86.7 cm³/mol. The molecule has 0 aromatic heterocycles. The molecule has 0 saturated heterocycles. The zero-order chi connectivity index (χ0) is 15.1. The molecule has 2 N–H and O–H groups in total. The molecular weight excluding hydrogens is 262 g/mol. The highest BCUT2D eigenvalue weighted by Gasteiger charge is 2.26. The van der Waals surface area contributed by atoms with Crippen molar-refractivity contribution in [2.24, 2.45) is 5.41 Å². The molecule has 3 nitrogen and oxygen atoms in total. The summed E-state index contributed by atoms with van der Waals surface area (Å²) in [6, 6.07) is 7.92. The third-order valence-corrected chi connectivity index (χ3v) is 4.42. The fourth-order valence-electron chi connectivity index (χ4n) is 3.08. The molecule has 0 heterocycles. The Morgan fingerprint density at radius 2 is 2.05 bits per heavy atom. The Kier molecular flexibility index (Phi) is 6.07. The Hall–Kier alpha value is -1.06. The summed E-state index contributed by atoms with van der Waals surface area (Å²) in [6.07, 6.45) is 6.21. The van der Waals surface area contributed by atoms with E-state index in [0.29, 0.717) is 18.6 Å². The number of aliphatic hydroxyl groups is 1. The quantitative estimate of drug-likeness (QED) is 0.810. The molecule has 0 spiro atoms. The molecule has 118 valence electrons. The number of ether oxygens (including phenoxy) is 1. The lowest BCUT2D eigenvalue weighted by molar-refractivity contribution is 0.100. The molecule has 0 aliphatic heterocycles. The van der Waals surface area contributed by atoms with E-state index in [1.165, 1.54) is 37.7 Å². The van der Waals surface area contributed by atoms with Gasteiger partial charge in [0, 0.05) is 13.1 Å². The maximum absolute atomic E-state index is 10.0. The number of aryl methyl sites for hydroxylation is 1. The highest BCUT2D eigenvalue weighted by atomic mass is 16.5. The highest BCUT2D eigenvalue weighted by molar-refractivity contribution is 5.27. The standard InChI is InChI=1S/C18H29NO2/c1-15-7-6-8-17(11-15)21-13-16(20)12-19-14-18(2)9-4-3-5-10-18/h6-8,11,16,19-20H,3-5,9-10,12-14H2,1-2H3. The van der Waals surface area contributed by atoms with Crippen molar-refractivity contribution in [3.63, 3.8) is 0 Å². The van der Waals surface area contributed by atoms with Crippen LogP contribution in [0.5, 0.6) is 5.75 Å². The molecule has 1 saturated carbocycles. The summed E-state index contributed by atoms with van der Waals surface area (Å²) in [6.45, 7) is 6.33. The number of hydrogen-bond acceptors (Lipinski definition) is 3. The van der Waals surface area contributed by atoms with Crippen LogP contribution in [0.15, 0.2) is 24.3 Å². The Balaban J connectivity index is 1.64. The number of hydrogen-bond donors (Lipinski definition) is 2. The molecule has 1 aliphatic rings. The maximum atomic E-state index is 10.0. The molecule has 0 amide bonds. The van der Waals surface area contributed by atoms with Crippen LogP contribution in [0.4, 0.5) is 0 Å². The molecule has 21 heavy (non-hydrogen) atoms. The van der Waals surface area contributed by atoms with E-state index in [1.54, 1.807) is 0 Å². The average molecular weight is 291 g/mol. The first-order valence-corrected chi connectivity index (χ1v) is 8.16. The van der Waals surface area contributed by atoms with Crippen molar-refractivity contribution >= 4 is 0 Å². The molecule has 0 radical (unpaired) electrons. The third-order valence-electron chi connectivity index (χ3n) is 4.42. The van der Waals surface area contributed by atoms with Crippen molar-refractivity contribution in [3.05, 3.63) is 29.8 Å². The van der Waals surface area contributed by atoms with Crippen LogP contribution < -0.4 is 10.1 Å². The molecule has 2 rings (SSSR count). The van der Waals surface area contributed by atoms with Crippen LogP contribution in [-0.4, -0.2) is 30.9 Å². The van der Waals surface area contributed by atoms with Crippen molar-refractivity contribution in [2.75, 3.05) is 19.7 Å². The first-order valence-electron chi connectivity index (χ1n) is 8.16. The monoisotopic (exact) mass is 291 g/mol. The largest absolute Gasteiger partial charge is 0.491 e. The minimum atomic E-state index is -0.460. The summed E-state index contributed by atoms with van der Waals surface area (Å²) in [5.74, 6) is 0.827. The zero-order valence-electron chi connectivity index (χ0n) is 13.4. The lowest BCUT2D eigenvalue weighted by Crippen LogP contribution is -2.39. The van der Waals surface area contributed by atoms with Crippen LogP contribution in [0, 0.1) is 12.3 Å². The maximum Gasteiger partial charge on any atom is 0.119 e. The van der Waals surface area contributed by atoms with Gasteiger partial charge in [0.2, 0.25) is 0 Å². The van der Waals surface area contributed by atoms with Crippen LogP contribution in [0.2, 0.25) is 0 Å². The Bertz CT molecular complexity index is 427. The van der Waals surface area contributed by atoms with Gasteiger partial charge in [-0.25, -0.2) is 0 Å². The van der Waals surface area contributed by atoms with E-state index in [2.05, 4.69) is 12.2 Å². The fraction of sp³-hybridized carbons (Fsp3) is 0.667. The van der Waals surface area contributed by atoms with Crippen molar-refractivity contribution in [1.82, 2.24) is 5.32 Å². The first kappa shape index (κ1) is 16.3. The molecule has 3 heteroatoms. The average Bonchev–Trinajstić information content (AvgIpc) is 2.46. The third kappa shape index (κ3) is 5.68. The van der Waals surface area contributed by atoms with Crippen molar-refractivity contribution in [3.8, 4) is 5.75 Å². The summed E-state index contributed by atoms with van der Waals surface area (Å²) >= 11 is 0. The number of nitrogens with one attached hydrogen (secondary N) is 1. The van der Waals surface area contributed by atoms with Gasteiger partial charge >= 0.3 is 0 Å². The SMILES string of the molecule is Cc1cccc(OCC(O)CNCC2(C)CCCCC2)c1. The molecule has 0 bridgehead atoms. The topological polar surface area (TPSA) is 41.5 Å². The van der Waals surface area contributed by atoms with Gasteiger partial charge < -0.3 is 15.2 Å². The van der Waals surface area contributed by atoms with Gasteiger partial charge in [0.25, 0.3) is 0 Å². The van der Waals surface area contributed by atoms with Gasteiger partial charge in [0.05, 0.1) is 0 Å². The summed E-state index contributed by atoms with van der Waals surface area (Å²) in [5.41, 5.74) is 1.58. The lowest BCUT2D eigenvalue weighted by atomic mass is 9.76. The van der Waals surface area contributed by atoms with Crippen LogP contribution >= 0.6 is 0 Å². The highest BCUT2D eigenvalue weighted by Crippen LogP contribution is 2.34. The van der Waals surface area contributed by atoms with E-state index in [4.69, 9.17) is 4.74 Å². The first-order chi connectivity index (χ1) is 10.1. The summed E-state index contributed by atoms with van der Waals surface area (Å²) in [5, 5.41) is 13.4. The normalized spacial score (nSPS) is 19.2. The van der Waals surface area contributed by atoms with Crippen LogP contribution in [0.1, 0.15) is 44.6 Å². The van der Waals surface area contributed by atoms with Gasteiger partial charge in [0.1, 0.15) is 18.5 Å². The Labute approximate surface area is 128 Å². The van der Waals surface area contributed by atoms with Crippen LogP contribution in [0.3, 0.4) is 0 Å². The molecular formula is C18H29NO2. The predicted octanol–water partition coefficient (Wildman–Crippen LogP) is 3.29. The van der Waals surface area contributed by atoms with Gasteiger partial charge in [0.15, 0.2) is 0 Å². The van der Waals surface area contributed by atoms with E-state index in [-0.39, 0.29) is 0 Å². The number of benzene rings is 1. The summed E-state index contributed by atoms with van der Waals surface area (Å²) in [4.78, 5) is 0. The van der Waals surface area contributed by atoms with Gasteiger partial charge in [-0.1, -0.05) is 38.3 Å².